The first-order valence-corrected chi connectivity index (χ1v) is 8.85. The third-order valence-electron chi connectivity index (χ3n) is 3.65. The minimum atomic E-state index is -0.396. The molecular formula is C20H18ClN5O2. The van der Waals surface area contributed by atoms with Crippen LogP contribution in [0.15, 0.2) is 54.6 Å². The van der Waals surface area contributed by atoms with Crippen LogP contribution in [0, 0.1) is 6.92 Å². The predicted octanol–water partition coefficient (Wildman–Crippen LogP) is 4.39. The van der Waals surface area contributed by atoms with E-state index in [1.807, 2.05) is 18.2 Å². The quantitative estimate of drug-likeness (QED) is 0.595. The van der Waals surface area contributed by atoms with Crippen molar-refractivity contribution in [2.75, 3.05) is 16.0 Å². The van der Waals surface area contributed by atoms with Gasteiger partial charge in [0.1, 0.15) is 17.3 Å². The zero-order valence-corrected chi connectivity index (χ0v) is 16.0. The van der Waals surface area contributed by atoms with Crippen molar-refractivity contribution < 1.29 is 9.59 Å². The van der Waals surface area contributed by atoms with Gasteiger partial charge in [-0.3, -0.25) is 9.59 Å². The fraction of sp³-hybridized carbons (Fsp3) is 0.100. The average Bonchev–Trinajstić information content (AvgIpc) is 2.63. The highest BCUT2D eigenvalue weighted by atomic mass is 35.5. The second-order valence-electron chi connectivity index (χ2n) is 6.01. The van der Waals surface area contributed by atoms with Crippen LogP contribution in [-0.4, -0.2) is 21.8 Å². The van der Waals surface area contributed by atoms with E-state index < -0.39 is 5.91 Å². The Hall–Kier alpha value is -3.45. The Kier molecular flexibility index (Phi) is 5.86. The molecule has 0 bridgehead atoms. The number of halogens is 1. The molecule has 1 heterocycles. The summed E-state index contributed by atoms with van der Waals surface area (Å²) in [7, 11) is 0. The van der Waals surface area contributed by atoms with Gasteiger partial charge in [-0.1, -0.05) is 29.8 Å². The normalized spacial score (nSPS) is 10.2. The van der Waals surface area contributed by atoms with Crippen molar-refractivity contribution in [1.29, 1.82) is 0 Å². The molecule has 0 radical (unpaired) electrons. The van der Waals surface area contributed by atoms with E-state index in [4.69, 9.17) is 11.6 Å². The third-order valence-corrected chi connectivity index (χ3v) is 3.98. The lowest BCUT2D eigenvalue weighted by molar-refractivity contribution is -0.114. The molecule has 2 aromatic carbocycles. The Morgan fingerprint density at radius 1 is 0.929 bits per heavy atom. The number of nitrogens with zero attached hydrogens (tertiary/aromatic N) is 2. The molecule has 0 saturated carbocycles. The Bertz CT molecular complexity index is 1040. The largest absolute Gasteiger partial charge is 0.339 e. The summed E-state index contributed by atoms with van der Waals surface area (Å²) in [5.74, 6) is 0.310. The van der Waals surface area contributed by atoms with Gasteiger partial charge in [-0.25, -0.2) is 9.97 Å². The van der Waals surface area contributed by atoms with Crippen molar-refractivity contribution in [2.24, 2.45) is 0 Å². The highest BCUT2D eigenvalue weighted by Gasteiger charge is 2.12. The number of carbonyl (C=O) groups excluding carboxylic acids is 2. The number of nitrogens with one attached hydrogen (secondary N) is 3. The van der Waals surface area contributed by atoms with E-state index >= 15 is 0 Å². The van der Waals surface area contributed by atoms with Crippen molar-refractivity contribution in [1.82, 2.24) is 9.97 Å². The molecule has 0 aliphatic carbocycles. The van der Waals surface area contributed by atoms with Crippen molar-refractivity contribution in [3.63, 3.8) is 0 Å². The van der Waals surface area contributed by atoms with Crippen LogP contribution >= 0.6 is 11.6 Å². The molecule has 2 amide bonds. The van der Waals surface area contributed by atoms with Crippen LogP contribution in [0.3, 0.4) is 0 Å². The predicted molar refractivity (Wildman–Crippen MR) is 110 cm³/mol. The van der Waals surface area contributed by atoms with Gasteiger partial charge in [0, 0.05) is 24.4 Å². The fourth-order valence-electron chi connectivity index (χ4n) is 2.52. The van der Waals surface area contributed by atoms with E-state index in [2.05, 4.69) is 25.9 Å². The molecule has 0 aliphatic rings. The maximum atomic E-state index is 12.6. The Morgan fingerprint density at radius 2 is 1.64 bits per heavy atom. The van der Waals surface area contributed by atoms with Crippen molar-refractivity contribution in [3.05, 3.63) is 71.1 Å². The lowest BCUT2D eigenvalue weighted by atomic mass is 10.2. The Morgan fingerprint density at radius 3 is 2.36 bits per heavy atom. The van der Waals surface area contributed by atoms with Gasteiger partial charge in [0.2, 0.25) is 5.91 Å². The van der Waals surface area contributed by atoms with Gasteiger partial charge in [-0.05, 0) is 37.3 Å². The topological polar surface area (TPSA) is 96.0 Å². The number of carbonyl (C=O) groups is 2. The number of para-hydroxylation sites is 1. The first-order chi connectivity index (χ1) is 13.4. The Balaban J connectivity index is 1.80. The third kappa shape index (κ3) is 5.05. The molecule has 3 aromatic rings. The monoisotopic (exact) mass is 395 g/mol. The molecular weight excluding hydrogens is 378 g/mol. The van der Waals surface area contributed by atoms with Gasteiger partial charge in [0.15, 0.2) is 0 Å². The molecule has 0 fully saturated rings. The number of aromatic nitrogens is 2. The van der Waals surface area contributed by atoms with E-state index in [0.29, 0.717) is 33.7 Å². The minimum Gasteiger partial charge on any atom is -0.339 e. The zero-order chi connectivity index (χ0) is 20.1. The summed E-state index contributed by atoms with van der Waals surface area (Å²) in [4.78, 5) is 32.3. The molecule has 3 N–H and O–H groups in total. The molecule has 8 heteroatoms. The number of hydrogen-bond donors (Lipinski definition) is 3. The van der Waals surface area contributed by atoms with Gasteiger partial charge in [-0.15, -0.1) is 0 Å². The Labute approximate surface area is 167 Å². The standard InChI is InChI=1S/C20H18ClN5O2/c1-12-22-18(11-19(23-12)26-17-9-4-3-8-16(17)21)20(28)25-15-7-5-6-14(10-15)24-13(2)27/h3-11H,1-2H3,(H,24,27)(H,25,28)(H,22,23,26). The lowest BCUT2D eigenvalue weighted by Gasteiger charge is -2.11. The summed E-state index contributed by atoms with van der Waals surface area (Å²) < 4.78 is 0. The summed E-state index contributed by atoms with van der Waals surface area (Å²) in [6, 6.07) is 15.6. The van der Waals surface area contributed by atoms with Crippen LogP contribution in [0.2, 0.25) is 5.02 Å². The number of hydrogen-bond acceptors (Lipinski definition) is 5. The van der Waals surface area contributed by atoms with E-state index in [1.165, 1.54) is 6.92 Å². The van der Waals surface area contributed by atoms with Crippen LogP contribution in [0.5, 0.6) is 0 Å². The first kappa shape index (κ1) is 19.3. The summed E-state index contributed by atoms with van der Waals surface area (Å²) in [5.41, 5.74) is 2.00. The molecule has 28 heavy (non-hydrogen) atoms. The summed E-state index contributed by atoms with van der Waals surface area (Å²) in [6.45, 7) is 3.12. The smallest absolute Gasteiger partial charge is 0.274 e. The van der Waals surface area contributed by atoms with Gasteiger partial charge < -0.3 is 16.0 Å². The second kappa shape index (κ2) is 8.49. The molecule has 0 aliphatic heterocycles. The number of rotatable bonds is 5. The summed E-state index contributed by atoms with van der Waals surface area (Å²) >= 11 is 6.16. The molecule has 142 valence electrons. The SMILES string of the molecule is CC(=O)Nc1cccc(NC(=O)c2cc(Nc3ccccc3Cl)nc(C)n2)c1. The first-order valence-electron chi connectivity index (χ1n) is 8.47. The lowest BCUT2D eigenvalue weighted by Crippen LogP contribution is -2.15. The average molecular weight is 396 g/mol. The van der Waals surface area contributed by atoms with Crippen LogP contribution in [0.1, 0.15) is 23.2 Å². The van der Waals surface area contributed by atoms with E-state index in [9.17, 15) is 9.59 Å². The highest BCUT2D eigenvalue weighted by Crippen LogP contribution is 2.24. The molecule has 0 saturated heterocycles. The van der Waals surface area contributed by atoms with Gasteiger partial charge >= 0.3 is 0 Å². The fourth-order valence-corrected chi connectivity index (χ4v) is 2.70. The molecule has 7 nitrogen and oxygen atoms in total. The number of anilines is 4. The minimum absolute atomic E-state index is 0.190. The zero-order valence-electron chi connectivity index (χ0n) is 15.3. The molecule has 0 atom stereocenters. The van der Waals surface area contributed by atoms with Crippen LogP contribution in [0.25, 0.3) is 0 Å². The van der Waals surface area contributed by atoms with E-state index in [0.717, 1.165) is 0 Å². The summed E-state index contributed by atoms with van der Waals surface area (Å²) in [6.07, 6.45) is 0. The van der Waals surface area contributed by atoms with Crippen molar-refractivity contribution in [3.8, 4) is 0 Å². The molecule has 1 aromatic heterocycles. The highest BCUT2D eigenvalue weighted by molar-refractivity contribution is 6.33. The van der Waals surface area contributed by atoms with Crippen molar-refractivity contribution >= 4 is 46.3 Å². The maximum Gasteiger partial charge on any atom is 0.274 e. The number of amides is 2. The van der Waals surface area contributed by atoms with Crippen LogP contribution in [0.4, 0.5) is 22.9 Å². The van der Waals surface area contributed by atoms with Gasteiger partial charge in [0.25, 0.3) is 5.91 Å². The van der Waals surface area contributed by atoms with E-state index in [-0.39, 0.29) is 11.6 Å². The second-order valence-corrected chi connectivity index (χ2v) is 6.41. The van der Waals surface area contributed by atoms with Gasteiger partial charge in [-0.2, -0.15) is 0 Å². The van der Waals surface area contributed by atoms with Crippen LogP contribution in [-0.2, 0) is 4.79 Å². The maximum absolute atomic E-state index is 12.6. The van der Waals surface area contributed by atoms with Crippen LogP contribution < -0.4 is 16.0 Å². The molecule has 0 unspecified atom stereocenters. The number of benzene rings is 2. The van der Waals surface area contributed by atoms with Gasteiger partial charge in [0.05, 0.1) is 10.7 Å². The molecule has 3 rings (SSSR count). The summed E-state index contributed by atoms with van der Waals surface area (Å²) in [5, 5.41) is 9.07. The number of aryl methyl sites for hydroxylation is 1. The van der Waals surface area contributed by atoms with E-state index in [1.54, 1.807) is 43.3 Å². The molecule has 0 spiro atoms. The van der Waals surface area contributed by atoms with Crippen molar-refractivity contribution in [2.45, 2.75) is 13.8 Å².